The van der Waals surface area contributed by atoms with Gasteiger partial charge in [0.15, 0.2) is 0 Å². The number of hydrogen-bond acceptors (Lipinski definition) is 3. The van der Waals surface area contributed by atoms with E-state index in [1.165, 1.54) is 0 Å². The number of aliphatic hydroxyl groups excluding tert-OH is 2. The van der Waals surface area contributed by atoms with Crippen LogP contribution in [0.5, 0.6) is 0 Å². The molecule has 0 aromatic heterocycles. The third kappa shape index (κ3) is 1.49. The maximum Gasteiger partial charge on any atom is 0.0844 e. The fraction of sp³-hybridized carbons (Fsp3) is 1.00. The van der Waals surface area contributed by atoms with E-state index in [0.29, 0.717) is 18.1 Å². The van der Waals surface area contributed by atoms with Gasteiger partial charge in [-0.25, -0.2) is 0 Å². The molecule has 0 aromatic rings. The van der Waals surface area contributed by atoms with E-state index in [4.69, 9.17) is 14.9 Å². The first-order valence-electron chi connectivity index (χ1n) is 4.72. The molecule has 2 fully saturated rings. The van der Waals surface area contributed by atoms with Crippen LogP contribution in [0.1, 0.15) is 19.3 Å². The van der Waals surface area contributed by atoms with Gasteiger partial charge in [0.25, 0.3) is 0 Å². The third-order valence-electron chi connectivity index (χ3n) is 3.18. The van der Waals surface area contributed by atoms with Crippen molar-refractivity contribution in [1.29, 1.82) is 0 Å². The van der Waals surface area contributed by atoms with Crippen molar-refractivity contribution in [3.63, 3.8) is 0 Å². The van der Waals surface area contributed by atoms with Crippen molar-refractivity contribution in [2.45, 2.75) is 31.5 Å². The van der Waals surface area contributed by atoms with E-state index in [1.54, 1.807) is 0 Å². The Morgan fingerprint density at radius 3 is 2.50 bits per heavy atom. The number of epoxide rings is 1. The Labute approximate surface area is 72.3 Å². The van der Waals surface area contributed by atoms with Gasteiger partial charge in [-0.3, -0.25) is 0 Å². The second-order valence-electron chi connectivity index (χ2n) is 3.91. The van der Waals surface area contributed by atoms with Gasteiger partial charge in [0.05, 0.1) is 12.2 Å². The average molecular weight is 172 g/mol. The van der Waals surface area contributed by atoms with E-state index in [-0.39, 0.29) is 19.1 Å². The van der Waals surface area contributed by atoms with Gasteiger partial charge in [0.2, 0.25) is 0 Å². The lowest BCUT2D eigenvalue weighted by Gasteiger charge is -2.25. The molecule has 3 nitrogen and oxygen atoms in total. The van der Waals surface area contributed by atoms with Crippen molar-refractivity contribution in [3.05, 3.63) is 0 Å². The molecule has 3 heteroatoms. The first kappa shape index (κ1) is 8.48. The molecule has 1 aliphatic carbocycles. The second-order valence-corrected chi connectivity index (χ2v) is 3.91. The van der Waals surface area contributed by atoms with Crippen molar-refractivity contribution in [2.75, 3.05) is 13.2 Å². The summed E-state index contributed by atoms with van der Waals surface area (Å²) in [5, 5.41) is 18.0. The maximum absolute atomic E-state index is 8.98. The van der Waals surface area contributed by atoms with E-state index in [0.717, 1.165) is 19.3 Å². The molecular formula is C9H16O3. The molecule has 1 heterocycles. The smallest absolute Gasteiger partial charge is 0.0844 e. The molecule has 70 valence electrons. The van der Waals surface area contributed by atoms with Crippen molar-refractivity contribution >= 4 is 0 Å². The quantitative estimate of drug-likeness (QED) is 0.596. The Hall–Kier alpha value is -0.120. The number of rotatable bonds is 3. The summed E-state index contributed by atoms with van der Waals surface area (Å²) in [4.78, 5) is 0. The number of fused-ring (bicyclic) bond motifs is 1. The molecule has 1 aliphatic heterocycles. The summed E-state index contributed by atoms with van der Waals surface area (Å²) in [6, 6.07) is 0. The molecule has 0 bridgehead atoms. The Morgan fingerprint density at radius 2 is 1.92 bits per heavy atom. The van der Waals surface area contributed by atoms with Crippen LogP contribution in [0.2, 0.25) is 0 Å². The lowest BCUT2D eigenvalue weighted by Crippen LogP contribution is -2.26. The van der Waals surface area contributed by atoms with Gasteiger partial charge in [-0.15, -0.1) is 0 Å². The van der Waals surface area contributed by atoms with Crippen LogP contribution in [0.3, 0.4) is 0 Å². The van der Waals surface area contributed by atoms with E-state index in [2.05, 4.69) is 0 Å². The van der Waals surface area contributed by atoms with Gasteiger partial charge in [0, 0.05) is 19.1 Å². The highest BCUT2D eigenvalue weighted by atomic mass is 16.6. The molecule has 1 saturated carbocycles. The van der Waals surface area contributed by atoms with E-state index >= 15 is 0 Å². The fourth-order valence-corrected chi connectivity index (χ4v) is 2.22. The first-order valence-corrected chi connectivity index (χ1v) is 4.72. The monoisotopic (exact) mass is 172 g/mol. The molecule has 2 rings (SSSR count). The average Bonchev–Trinajstić information content (AvgIpc) is 2.84. The zero-order valence-electron chi connectivity index (χ0n) is 7.15. The van der Waals surface area contributed by atoms with Crippen LogP contribution in [0, 0.1) is 11.8 Å². The molecule has 0 amide bonds. The van der Waals surface area contributed by atoms with Crippen LogP contribution in [0.4, 0.5) is 0 Å². The summed E-state index contributed by atoms with van der Waals surface area (Å²) in [7, 11) is 0. The fourth-order valence-electron chi connectivity index (χ4n) is 2.22. The van der Waals surface area contributed by atoms with Crippen LogP contribution in [-0.2, 0) is 4.74 Å². The predicted octanol–water partition coefficient (Wildman–Crippen LogP) is 0.155. The molecule has 0 aromatic carbocycles. The minimum atomic E-state index is 0.0788. The summed E-state index contributed by atoms with van der Waals surface area (Å²) >= 11 is 0. The zero-order valence-corrected chi connectivity index (χ0v) is 7.15. The highest BCUT2D eigenvalue weighted by Crippen LogP contribution is 2.41. The molecule has 0 radical (unpaired) electrons. The molecule has 2 N–H and O–H groups in total. The van der Waals surface area contributed by atoms with Crippen molar-refractivity contribution in [3.8, 4) is 0 Å². The van der Waals surface area contributed by atoms with Gasteiger partial charge in [-0.2, -0.15) is 0 Å². The van der Waals surface area contributed by atoms with Crippen molar-refractivity contribution < 1.29 is 14.9 Å². The zero-order chi connectivity index (χ0) is 8.55. The van der Waals surface area contributed by atoms with Gasteiger partial charge in [-0.1, -0.05) is 0 Å². The van der Waals surface area contributed by atoms with Gasteiger partial charge < -0.3 is 14.9 Å². The Bertz CT molecular complexity index is 156. The van der Waals surface area contributed by atoms with E-state index in [1.807, 2.05) is 0 Å². The summed E-state index contributed by atoms with van der Waals surface area (Å²) < 4.78 is 5.38. The third-order valence-corrected chi connectivity index (χ3v) is 3.18. The second kappa shape index (κ2) is 3.32. The summed E-state index contributed by atoms with van der Waals surface area (Å²) in [6.45, 7) is 0.219. The highest BCUT2D eigenvalue weighted by Gasteiger charge is 2.45. The first-order chi connectivity index (χ1) is 5.85. The van der Waals surface area contributed by atoms with Crippen LogP contribution >= 0.6 is 0 Å². The lowest BCUT2D eigenvalue weighted by molar-refractivity contribution is 0.0920. The largest absolute Gasteiger partial charge is 0.396 e. The van der Waals surface area contributed by atoms with Gasteiger partial charge >= 0.3 is 0 Å². The normalized spacial score (nSPS) is 39.8. The van der Waals surface area contributed by atoms with Crippen LogP contribution in [0.25, 0.3) is 0 Å². The SMILES string of the molecule is OCC(CO)C1CCC2OC2C1. The topological polar surface area (TPSA) is 53.0 Å². The van der Waals surface area contributed by atoms with Gasteiger partial charge in [-0.05, 0) is 25.2 Å². The molecule has 3 atom stereocenters. The molecular weight excluding hydrogens is 156 g/mol. The molecule has 2 aliphatic rings. The predicted molar refractivity (Wildman–Crippen MR) is 43.7 cm³/mol. The van der Waals surface area contributed by atoms with Crippen LogP contribution < -0.4 is 0 Å². The summed E-state index contributed by atoms with van der Waals surface area (Å²) in [5.74, 6) is 0.555. The molecule has 12 heavy (non-hydrogen) atoms. The van der Waals surface area contributed by atoms with E-state index in [9.17, 15) is 0 Å². The molecule has 3 unspecified atom stereocenters. The minimum Gasteiger partial charge on any atom is -0.396 e. The van der Waals surface area contributed by atoms with Crippen molar-refractivity contribution in [2.24, 2.45) is 11.8 Å². The highest BCUT2D eigenvalue weighted by molar-refractivity contribution is 4.93. The number of aliphatic hydroxyl groups is 2. The number of ether oxygens (including phenoxy) is 1. The van der Waals surface area contributed by atoms with Crippen molar-refractivity contribution in [1.82, 2.24) is 0 Å². The van der Waals surface area contributed by atoms with Crippen LogP contribution in [0.15, 0.2) is 0 Å². The summed E-state index contributed by atoms with van der Waals surface area (Å²) in [5.41, 5.74) is 0. The van der Waals surface area contributed by atoms with E-state index < -0.39 is 0 Å². The summed E-state index contributed by atoms with van der Waals surface area (Å²) in [6.07, 6.45) is 4.22. The Kier molecular flexibility index (Phi) is 2.35. The minimum absolute atomic E-state index is 0.0788. The Balaban J connectivity index is 1.85. The standard InChI is InChI=1S/C9H16O3/c10-4-7(5-11)6-1-2-8-9(3-6)12-8/h6-11H,1-5H2. The molecule has 1 saturated heterocycles. The maximum atomic E-state index is 8.98. The number of hydrogen-bond donors (Lipinski definition) is 2. The Morgan fingerprint density at radius 1 is 1.17 bits per heavy atom. The molecule has 0 spiro atoms. The van der Waals surface area contributed by atoms with Crippen LogP contribution in [-0.4, -0.2) is 35.6 Å². The van der Waals surface area contributed by atoms with Gasteiger partial charge in [0.1, 0.15) is 0 Å². The lowest BCUT2D eigenvalue weighted by atomic mass is 9.81.